The largest absolute Gasteiger partial charge is 0.490 e. The maximum Gasteiger partial charge on any atom is 0.161 e. The monoisotopic (exact) mass is 294 g/mol. The van der Waals surface area contributed by atoms with Crippen molar-refractivity contribution in [3.63, 3.8) is 0 Å². The van der Waals surface area contributed by atoms with Crippen LogP contribution >= 0.6 is 0 Å². The van der Waals surface area contributed by atoms with Crippen molar-refractivity contribution in [3.8, 4) is 11.5 Å². The molecule has 2 N–H and O–H groups in total. The Balaban J connectivity index is 2.45. The number of para-hydroxylation sites is 2. The first-order valence-electron chi connectivity index (χ1n) is 7.94. The van der Waals surface area contributed by atoms with Gasteiger partial charge in [-0.2, -0.15) is 0 Å². The van der Waals surface area contributed by atoms with Gasteiger partial charge >= 0.3 is 0 Å². The predicted molar refractivity (Wildman–Crippen MR) is 88.1 cm³/mol. The van der Waals surface area contributed by atoms with Crippen molar-refractivity contribution in [1.82, 2.24) is 4.90 Å². The molecule has 4 heteroatoms. The minimum Gasteiger partial charge on any atom is -0.490 e. The van der Waals surface area contributed by atoms with Gasteiger partial charge in [0, 0.05) is 13.1 Å². The molecule has 0 amide bonds. The zero-order chi connectivity index (χ0) is 15.5. The van der Waals surface area contributed by atoms with Gasteiger partial charge in [0.15, 0.2) is 11.5 Å². The number of hydrogen-bond donors (Lipinski definition) is 1. The molecular formula is C17H30N2O2. The van der Waals surface area contributed by atoms with Crippen LogP contribution in [-0.2, 0) is 0 Å². The minimum absolute atomic E-state index is 0.649. The molecule has 0 bridgehead atoms. The Morgan fingerprint density at radius 3 is 2.33 bits per heavy atom. The fourth-order valence-electron chi connectivity index (χ4n) is 2.25. The molecule has 0 saturated carbocycles. The Morgan fingerprint density at radius 1 is 1.10 bits per heavy atom. The van der Waals surface area contributed by atoms with Crippen molar-refractivity contribution in [2.45, 2.75) is 27.2 Å². The molecule has 0 radical (unpaired) electrons. The van der Waals surface area contributed by atoms with E-state index >= 15 is 0 Å². The van der Waals surface area contributed by atoms with Gasteiger partial charge in [-0.15, -0.1) is 0 Å². The standard InChI is InChI=1S/C17H30N2O2/c1-4-20-16-8-5-6-9-17(16)21-13-12-19(11-7-10-18)14-15(2)3/h5-6,8-9,15H,4,7,10-14,18H2,1-3H3. The molecule has 0 heterocycles. The van der Waals surface area contributed by atoms with Crippen LogP contribution in [0.3, 0.4) is 0 Å². The zero-order valence-corrected chi connectivity index (χ0v) is 13.7. The third-order valence-electron chi connectivity index (χ3n) is 3.12. The number of rotatable bonds is 11. The molecule has 0 atom stereocenters. The highest BCUT2D eigenvalue weighted by Crippen LogP contribution is 2.26. The van der Waals surface area contributed by atoms with E-state index in [1.54, 1.807) is 0 Å². The van der Waals surface area contributed by atoms with Crippen molar-refractivity contribution >= 4 is 0 Å². The molecule has 0 saturated heterocycles. The van der Waals surface area contributed by atoms with Crippen LogP contribution in [0.2, 0.25) is 0 Å². The van der Waals surface area contributed by atoms with Crippen molar-refractivity contribution in [2.24, 2.45) is 11.7 Å². The van der Waals surface area contributed by atoms with Gasteiger partial charge in [0.1, 0.15) is 6.61 Å². The first kappa shape index (κ1) is 17.8. The van der Waals surface area contributed by atoms with Gasteiger partial charge in [0.2, 0.25) is 0 Å². The lowest BCUT2D eigenvalue weighted by Gasteiger charge is -2.24. The van der Waals surface area contributed by atoms with E-state index in [-0.39, 0.29) is 0 Å². The van der Waals surface area contributed by atoms with Crippen molar-refractivity contribution in [2.75, 3.05) is 39.4 Å². The van der Waals surface area contributed by atoms with Crippen molar-refractivity contribution in [3.05, 3.63) is 24.3 Å². The predicted octanol–water partition coefficient (Wildman–Crippen LogP) is 2.77. The molecule has 120 valence electrons. The lowest BCUT2D eigenvalue weighted by Crippen LogP contribution is -2.33. The fourth-order valence-corrected chi connectivity index (χ4v) is 2.25. The molecular weight excluding hydrogens is 264 g/mol. The van der Waals surface area contributed by atoms with E-state index in [4.69, 9.17) is 15.2 Å². The number of hydrogen-bond acceptors (Lipinski definition) is 4. The van der Waals surface area contributed by atoms with Gasteiger partial charge in [0.25, 0.3) is 0 Å². The van der Waals surface area contributed by atoms with Gasteiger partial charge in [-0.05, 0) is 44.5 Å². The van der Waals surface area contributed by atoms with E-state index < -0.39 is 0 Å². The molecule has 0 unspecified atom stereocenters. The average molecular weight is 294 g/mol. The van der Waals surface area contributed by atoms with Crippen LogP contribution in [0.4, 0.5) is 0 Å². The molecule has 0 aliphatic heterocycles. The van der Waals surface area contributed by atoms with E-state index in [0.29, 0.717) is 19.1 Å². The summed E-state index contributed by atoms with van der Waals surface area (Å²) in [4.78, 5) is 2.42. The third-order valence-corrected chi connectivity index (χ3v) is 3.12. The topological polar surface area (TPSA) is 47.7 Å². The van der Waals surface area contributed by atoms with E-state index in [1.807, 2.05) is 31.2 Å². The van der Waals surface area contributed by atoms with Crippen LogP contribution in [-0.4, -0.2) is 44.3 Å². The quantitative estimate of drug-likeness (QED) is 0.682. The molecule has 21 heavy (non-hydrogen) atoms. The highest BCUT2D eigenvalue weighted by atomic mass is 16.5. The van der Waals surface area contributed by atoms with Crippen LogP contribution in [0, 0.1) is 5.92 Å². The summed E-state index contributed by atoms with van der Waals surface area (Å²) in [5, 5.41) is 0. The first-order chi connectivity index (χ1) is 10.2. The molecule has 1 rings (SSSR count). The third kappa shape index (κ3) is 7.34. The Morgan fingerprint density at radius 2 is 1.76 bits per heavy atom. The van der Waals surface area contributed by atoms with Crippen LogP contribution in [0.25, 0.3) is 0 Å². The first-order valence-corrected chi connectivity index (χ1v) is 7.94. The maximum absolute atomic E-state index is 5.88. The summed E-state index contributed by atoms with van der Waals surface area (Å²) in [5.74, 6) is 2.29. The Kier molecular flexibility index (Phi) is 8.87. The summed E-state index contributed by atoms with van der Waals surface area (Å²) >= 11 is 0. The summed E-state index contributed by atoms with van der Waals surface area (Å²) in [6, 6.07) is 7.83. The van der Waals surface area contributed by atoms with Crippen LogP contribution in [0.1, 0.15) is 27.2 Å². The van der Waals surface area contributed by atoms with Crippen molar-refractivity contribution in [1.29, 1.82) is 0 Å². The van der Waals surface area contributed by atoms with Gasteiger partial charge in [-0.3, -0.25) is 4.90 Å². The van der Waals surface area contributed by atoms with Crippen LogP contribution < -0.4 is 15.2 Å². The second kappa shape index (κ2) is 10.5. The van der Waals surface area contributed by atoms with E-state index in [9.17, 15) is 0 Å². The lowest BCUT2D eigenvalue weighted by atomic mass is 10.2. The van der Waals surface area contributed by atoms with E-state index in [1.165, 1.54) is 0 Å². The summed E-state index contributed by atoms with van der Waals surface area (Å²) in [7, 11) is 0. The summed E-state index contributed by atoms with van der Waals surface area (Å²) in [5.41, 5.74) is 5.61. The van der Waals surface area contributed by atoms with Crippen LogP contribution in [0.15, 0.2) is 24.3 Å². The van der Waals surface area contributed by atoms with Gasteiger partial charge < -0.3 is 15.2 Å². The second-order valence-corrected chi connectivity index (χ2v) is 5.56. The van der Waals surface area contributed by atoms with Gasteiger partial charge in [-0.1, -0.05) is 26.0 Å². The highest BCUT2D eigenvalue weighted by molar-refractivity contribution is 5.39. The molecule has 0 fully saturated rings. The van der Waals surface area contributed by atoms with Gasteiger partial charge in [-0.25, -0.2) is 0 Å². The van der Waals surface area contributed by atoms with Crippen molar-refractivity contribution < 1.29 is 9.47 Å². The smallest absolute Gasteiger partial charge is 0.161 e. The Bertz CT molecular complexity index is 383. The highest BCUT2D eigenvalue weighted by Gasteiger charge is 2.08. The molecule has 0 aromatic heterocycles. The number of nitrogens with two attached hydrogens (primary N) is 1. The Labute approximate surface area is 129 Å². The minimum atomic E-state index is 0.649. The zero-order valence-electron chi connectivity index (χ0n) is 13.7. The summed E-state index contributed by atoms with van der Waals surface area (Å²) < 4.78 is 11.5. The number of benzene rings is 1. The normalized spacial score (nSPS) is 11.1. The average Bonchev–Trinajstić information content (AvgIpc) is 2.46. The lowest BCUT2D eigenvalue weighted by molar-refractivity contribution is 0.187. The Hall–Kier alpha value is -1.26. The number of nitrogens with zero attached hydrogens (tertiary/aromatic N) is 1. The SMILES string of the molecule is CCOc1ccccc1OCCN(CCCN)CC(C)C. The van der Waals surface area contributed by atoms with Crippen LogP contribution in [0.5, 0.6) is 11.5 Å². The van der Waals surface area contributed by atoms with Gasteiger partial charge in [0.05, 0.1) is 6.61 Å². The molecule has 1 aromatic carbocycles. The number of ether oxygens (including phenoxy) is 2. The van der Waals surface area contributed by atoms with E-state index in [0.717, 1.165) is 44.1 Å². The second-order valence-electron chi connectivity index (χ2n) is 5.56. The molecule has 0 aliphatic carbocycles. The van der Waals surface area contributed by atoms with E-state index in [2.05, 4.69) is 18.7 Å². The molecule has 0 aliphatic rings. The molecule has 1 aromatic rings. The maximum atomic E-state index is 5.88. The molecule has 0 spiro atoms. The summed E-state index contributed by atoms with van der Waals surface area (Å²) in [6.07, 6.45) is 1.03. The molecule has 4 nitrogen and oxygen atoms in total. The summed E-state index contributed by atoms with van der Waals surface area (Å²) in [6.45, 7) is 11.5. The fraction of sp³-hybridized carbons (Fsp3) is 0.647.